The number of aromatic amines is 1. The van der Waals surface area contributed by atoms with E-state index in [-0.39, 0.29) is 55.9 Å². The lowest BCUT2D eigenvalue weighted by atomic mass is 10.0. The molecule has 8 aromatic carbocycles. The Balaban J connectivity index is 0.000000646. The van der Waals surface area contributed by atoms with Crippen LogP contribution in [0, 0.1) is 55.4 Å². The number of allylic oxidation sites excluding steroid dienone is 2. The molecule has 0 saturated heterocycles. The summed E-state index contributed by atoms with van der Waals surface area (Å²) in [5.74, 6) is 2.35. The molecule has 6 aromatic heterocycles. The van der Waals surface area contributed by atoms with Crippen LogP contribution in [0.25, 0.3) is 77.3 Å². The molecule has 0 spiro atoms. The summed E-state index contributed by atoms with van der Waals surface area (Å²) in [7, 11) is 0. The van der Waals surface area contributed by atoms with Crippen molar-refractivity contribution in [2.24, 2.45) is 0 Å². The van der Waals surface area contributed by atoms with Gasteiger partial charge in [-0.15, -0.1) is 0 Å². The quantitative estimate of drug-likeness (QED) is 0.0769. The van der Waals surface area contributed by atoms with Gasteiger partial charge >= 0.3 is 5.63 Å². The second-order valence-corrected chi connectivity index (χ2v) is 23.2. The zero-order valence-corrected chi connectivity index (χ0v) is 71.9. The van der Waals surface area contributed by atoms with E-state index in [9.17, 15) is 49.2 Å². The molecule has 6 N–H and O–H groups in total. The minimum atomic E-state index is -0.490. The number of anilines is 1. The predicted molar refractivity (Wildman–Crippen MR) is 486 cm³/mol. The van der Waals surface area contributed by atoms with Gasteiger partial charge in [-0.2, -0.15) is 0 Å². The van der Waals surface area contributed by atoms with E-state index in [1.807, 2.05) is 242 Å². The normalized spacial score (nSPS) is 10.3. The Bertz CT molecular complexity index is 5660. The molecule has 2 aliphatic rings. The lowest BCUT2D eigenvalue weighted by Crippen LogP contribution is -2.08. The summed E-state index contributed by atoms with van der Waals surface area (Å²) in [6.45, 7) is 53.9. The van der Waals surface area contributed by atoms with Crippen molar-refractivity contribution in [1.29, 1.82) is 0 Å². The van der Waals surface area contributed by atoms with Crippen LogP contribution in [-0.4, -0.2) is 25.4 Å². The van der Waals surface area contributed by atoms with Crippen LogP contribution in [0.15, 0.2) is 294 Å². The molecule has 0 bridgehead atoms. The van der Waals surface area contributed by atoms with Crippen LogP contribution in [0.4, 0.5) is 5.69 Å². The number of benzene rings is 8. The van der Waals surface area contributed by atoms with Crippen molar-refractivity contribution in [2.45, 2.75) is 166 Å². The van der Waals surface area contributed by atoms with Gasteiger partial charge in [0.15, 0.2) is 21.7 Å². The summed E-state index contributed by atoms with van der Waals surface area (Å²) in [5, 5.41) is 45.3. The molecule has 0 saturated carbocycles. The van der Waals surface area contributed by atoms with Crippen LogP contribution < -0.4 is 43.0 Å². The molecule has 0 unspecified atom stereocenters. The topological polar surface area (TPSA) is 286 Å². The molecule has 14 aromatic rings. The van der Waals surface area contributed by atoms with Gasteiger partial charge in [0.25, 0.3) is 5.56 Å². The van der Waals surface area contributed by atoms with Gasteiger partial charge in [0.2, 0.25) is 0 Å². The van der Waals surface area contributed by atoms with Crippen LogP contribution in [0.5, 0.6) is 17.2 Å². The summed E-state index contributed by atoms with van der Waals surface area (Å²) in [5.41, 5.74) is 11.9. The highest BCUT2D eigenvalue weighted by Crippen LogP contribution is 2.33. The van der Waals surface area contributed by atoms with Gasteiger partial charge < -0.3 is 57.5 Å². The van der Waals surface area contributed by atoms with Gasteiger partial charge in [0.05, 0.1) is 67.9 Å². The molecular formula is C98H118N2O16. The van der Waals surface area contributed by atoms with E-state index in [2.05, 4.69) is 23.5 Å². The van der Waals surface area contributed by atoms with Crippen molar-refractivity contribution in [2.75, 3.05) is 5.32 Å². The smallest absolute Gasteiger partial charge is 0.342 e. The maximum atomic E-state index is 11.5. The molecule has 0 fully saturated rings. The fourth-order valence-corrected chi connectivity index (χ4v) is 10.1. The second kappa shape index (κ2) is 53.7. The lowest BCUT2D eigenvalue weighted by molar-refractivity contribution is 0.420. The largest absolute Gasteiger partial charge is 0.507 e. The van der Waals surface area contributed by atoms with Gasteiger partial charge in [-0.25, -0.2) is 4.79 Å². The number of aromatic hydroxyl groups is 2. The summed E-state index contributed by atoms with van der Waals surface area (Å²) < 4.78 is 31.2. The van der Waals surface area contributed by atoms with Crippen LogP contribution in [0.1, 0.15) is 167 Å². The van der Waals surface area contributed by atoms with Crippen molar-refractivity contribution in [1.82, 2.24) is 4.98 Å². The molecule has 2 aliphatic heterocycles. The first-order valence-corrected chi connectivity index (χ1v) is 39.1. The number of para-hydroxylation sites is 4. The standard InChI is InChI=1S/C11H11NO.C11H10O2.C10H9NO2.C10H8O3.4C10H8O2.8C2H6/c1-7-3-4-10-9(5-7)11(13)6-8(2)12-10;1-7-3-4-11-9(5-7)10(12)6-8(2)13-11;1-6-9(12)7-4-2-3-5-8(7)11-10(6)13;1-6-9(11)7-4-2-3-5-8(7)13-10(6)12;1-7-2-3-10-8(6-7)9(11)4-5-12-10;1-7-2-3-8-9(11)4-5-12-10(8)6-7;1-7-6-9(11)8-4-2-3-5-10(8)12-7;1-7-6-12-9-5-3-2-4-8(9)10(7)11;8*1-2/h3-6,12-13H,2H2,1H3;3-6,12H,2H2,1H3;2-5H,1H3,(H2,11,12,13);2-5,11H,1H3;4*2-6H,1H3;8*1-2H3. The first-order chi connectivity index (χ1) is 55.8. The summed E-state index contributed by atoms with van der Waals surface area (Å²) in [4.78, 5) is 70.4. The van der Waals surface area contributed by atoms with Crippen molar-refractivity contribution in [3.63, 3.8) is 0 Å². The highest BCUT2D eigenvalue weighted by molar-refractivity contribution is 5.86. The van der Waals surface area contributed by atoms with Crippen molar-refractivity contribution >= 4 is 83.0 Å². The number of aromatic nitrogens is 1. The SMILES string of the molecule is C=C1C=C(O)c2cc(C)ccc2N1.C=C1C=C(O)c2cc(C)ccc2O1.CC.CC.CC.CC.CC.CC.CC.CC.Cc1c(O)c2ccccc2[nH]c1=O.Cc1c(O)c2ccccc2oc1=O.Cc1cc(=O)c2ccccc2o1.Cc1ccc2c(=O)ccoc2c1.Cc1ccc2occc(=O)c2c1.Cc1coc2ccccc2c1=O. The molecule has 0 radical (unpaired) electrons. The van der Waals surface area contributed by atoms with Crippen molar-refractivity contribution in [3.8, 4) is 17.2 Å². The third kappa shape index (κ3) is 29.7. The van der Waals surface area contributed by atoms with Crippen molar-refractivity contribution in [3.05, 3.63) is 361 Å². The number of nitrogens with one attached hydrogen (secondary N) is 2. The minimum Gasteiger partial charge on any atom is -0.507 e. The third-order valence-corrected chi connectivity index (χ3v) is 15.4. The number of ether oxygens (including phenoxy) is 1. The first kappa shape index (κ1) is 101. The summed E-state index contributed by atoms with van der Waals surface area (Å²) >= 11 is 0. The fourth-order valence-electron chi connectivity index (χ4n) is 10.1. The Morgan fingerprint density at radius 1 is 0.362 bits per heavy atom. The average molecular weight is 1580 g/mol. The molecule has 8 heterocycles. The Morgan fingerprint density at radius 3 is 1.42 bits per heavy atom. The highest BCUT2D eigenvalue weighted by atomic mass is 16.5. The van der Waals surface area contributed by atoms with E-state index >= 15 is 0 Å². The average Bonchev–Trinajstić information content (AvgIpc) is 0.811. The molecule has 0 amide bonds. The number of pyridine rings is 1. The summed E-state index contributed by atoms with van der Waals surface area (Å²) in [6.07, 6.45) is 7.47. The van der Waals surface area contributed by atoms with Gasteiger partial charge in [-0.05, 0) is 158 Å². The maximum Gasteiger partial charge on any atom is 0.342 e. The van der Waals surface area contributed by atoms with E-state index < -0.39 is 5.63 Å². The number of rotatable bonds is 0. The van der Waals surface area contributed by atoms with E-state index in [0.717, 1.165) is 39.1 Å². The van der Waals surface area contributed by atoms with Crippen LogP contribution in [-0.2, 0) is 0 Å². The molecule has 116 heavy (non-hydrogen) atoms. The molecular weight excluding hydrogens is 1460 g/mol. The Hall–Kier alpha value is -13.2. The van der Waals surface area contributed by atoms with Gasteiger partial charge in [0.1, 0.15) is 68.2 Å². The van der Waals surface area contributed by atoms with E-state index in [0.29, 0.717) is 99.8 Å². The van der Waals surface area contributed by atoms with Gasteiger partial charge in [-0.3, -0.25) is 24.0 Å². The van der Waals surface area contributed by atoms with E-state index in [4.69, 9.17) is 26.8 Å². The zero-order chi connectivity index (χ0) is 87.9. The van der Waals surface area contributed by atoms with Crippen LogP contribution >= 0.6 is 0 Å². The van der Waals surface area contributed by atoms with E-state index in [1.165, 1.54) is 50.0 Å². The number of aliphatic hydroxyl groups excluding tert-OH is 2. The Kier molecular flexibility index (Phi) is 46.6. The number of aliphatic hydroxyl groups is 2. The zero-order valence-electron chi connectivity index (χ0n) is 71.9. The number of hydrogen-bond donors (Lipinski definition) is 6. The maximum absolute atomic E-state index is 11.5. The number of H-pyrrole nitrogens is 1. The minimum absolute atomic E-state index is 0.00634. The third-order valence-electron chi connectivity index (χ3n) is 15.4. The molecule has 616 valence electrons. The van der Waals surface area contributed by atoms with Gasteiger partial charge in [-0.1, -0.05) is 213 Å². The molecule has 18 heteroatoms. The monoisotopic (exact) mass is 1580 g/mol. The first-order valence-electron chi connectivity index (χ1n) is 39.1. The highest BCUT2D eigenvalue weighted by Gasteiger charge is 2.16. The molecule has 16 rings (SSSR count). The molecule has 0 atom stereocenters. The van der Waals surface area contributed by atoms with Gasteiger partial charge in [0, 0.05) is 58.2 Å². The number of fused-ring (bicyclic) bond motifs is 8. The molecule has 18 nitrogen and oxygen atoms in total. The second-order valence-electron chi connectivity index (χ2n) is 23.2. The van der Waals surface area contributed by atoms with Crippen LogP contribution in [0.3, 0.4) is 0 Å². The lowest BCUT2D eigenvalue weighted by Gasteiger charge is -2.17. The Labute approximate surface area is 681 Å². The molecule has 0 aliphatic carbocycles. The number of hydrogen-bond acceptors (Lipinski definition) is 17. The predicted octanol–water partition coefficient (Wildman–Crippen LogP) is 25.6. The summed E-state index contributed by atoms with van der Waals surface area (Å²) in [6, 6.07) is 55.5. The number of aryl methyl sites for hydroxylation is 6. The Morgan fingerprint density at radius 2 is 0.810 bits per heavy atom. The fraction of sp³-hybridized carbons (Fsp3) is 0.245. The van der Waals surface area contributed by atoms with Crippen LogP contribution in [0.2, 0.25) is 0 Å². The van der Waals surface area contributed by atoms with E-state index in [1.54, 1.807) is 93.6 Å². The van der Waals surface area contributed by atoms with Crippen molar-refractivity contribution < 1.29 is 47.2 Å².